The van der Waals surface area contributed by atoms with Crippen molar-refractivity contribution < 1.29 is 4.79 Å². The van der Waals surface area contributed by atoms with E-state index in [4.69, 9.17) is 0 Å². The fourth-order valence-corrected chi connectivity index (χ4v) is 1.79. The molecule has 0 aromatic carbocycles. The van der Waals surface area contributed by atoms with E-state index in [1.165, 1.54) is 0 Å². The number of hydrogen-bond acceptors (Lipinski definition) is 2. The third-order valence-electron chi connectivity index (χ3n) is 3.42. The number of likely N-dealkylation sites (tertiary alicyclic amines) is 1. The minimum absolute atomic E-state index is 0.197. The molecule has 15 heavy (non-hydrogen) atoms. The molecule has 1 fully saturated rings. The molecule has 1 aliphatic heterocycles. The van der Waals surface area contributed by atoms with Crippen LogP contribution in [0.4, 0.5) is 0 Å². The minimum atomic E-state index is 0.197. The van der Waals surface area contributed by atoms with Crippen LogP contribution in [0.15, 0.2) is 0 Å². The van der Waals surface area contributed by atoms with Crippen LogP contribution in [0.1, 0.15) is 41.0 Å². The highest BCUT2D eigenvalue weighted by atomic mass is 16.2. The molecule has 0 bridgehead atoms. The van der Waals surface area contributed by atoms with Crippen molar-refractivity contribution in [1.29, 1.82) is 0 Å². The standard InChI is InChI=1S/C12H24N2O/c1-9(12(3,4)5)13-11-6-7-14(8-11)10(2)15/h9,11,13H,6-8H2,1-5H3. The van der Waals surface area contributed by atoms with Crippen molar-refractivity contribution in [3.05, 3.63) is 0 Å². The highest BCUT2D eigenvalue weighted by Gasteiger charge is 2.28. The summed E-state index contributed by atoms with van der Waals surface area (Å²) >= 11 is 0. The average molecular weight is 212 g/mol. The lowest BCUT2D eigenvalue weighted by Gasteiger charge is -2.31. The van der Waals surface area contributed by atoms with Crippen LogP contribution in [0.5, 0.6) is 0 Å². The first kappa shape index (κ1) is 12.5. The lowest BCUT2D eigenvalue weighted by atomic mass is 9.87. The van der Waals surface area contributed by atoms with Crippen LogP contribution >= 0.6 is 0 Å². The molecule has 0 spiro atoms. The fraction of sp³-hybridized carbons (Fsp3) is 0.917. The third-order valence-corrected chi connectivity index (χ3v) is 3.42. The van der Waals surface area contributed by atoms with Crippen molar-refractivity contribution in [2.45, 2.75) is 53.1 Å². The lowest BCUT2D eigenvalue weighted by molar-refractivity contribution is -0.127. The molecule has 1 heterocycles. The molecule has 0 radical (unpaired) electrons. The summed E-state index contributed by atoms with van der Waals surface area (Å²) in [5, 5.41) is 3.61. The maximum atomic E-state index is 11.2. The summed E-state index contributed by atoms with van der Waals surface area (Å²) in [6, 6.07) is 0.956. The second-order valence-electron chi connectivity index (χ2n) is 5.71. The molecule has 0 aliphatic carbocycles. The molecule has 88 valence electrons. The molecule has 1 rings (SSSR count). The highest BCUT2D eigenvalue weighted by Crippen LogP contribution is 2.20. The fourth-order valence-electron chi connectivity index (χ4n) is 1.79. The number of nitrogens with one attached hydrogen (secondary N) is 1. The first-order chi connectivity index (χ1) is 6.80. The number of carbonyl (C=O) groups is 1. The van der Waals surface area contributed by atoms with Gasteiger partial charge in [0.05, 0.1) is 0 Å². The minimum Gasteiger partial charge on any atom is -0.341 e. The molecular formula is C12H24N2O. The number of hydrogen-bond donors (Lipinski definition) is 1. The highest BCUT2D eigenvalue weighted by molar-refractivity contribution is 5.73. The summed E-state index contributed by atoms with van der Waals surface area (Å²) in [5.41, 5.74) is 0.281. The summed E-state index contributed by atoms with van der Waals surface area (Å²) in [4.78, 5) is 13.1. The van der Waals surface area contributed by atoms with E-state index in [1.54, 1.807) is 6.92 Å². The molecule has 1 saturated heterocycles. The monoisotopic (exact) mass is 212 g/mol. The van der Waals surface area contributed by atoms with Gasteiger partial charge in [-0.05, 0) is 18.8 Å². The quantitative estimate of drug-likeness (QED) is 0.754. The Balaban J connectivity index is 2.39. The Hall–Kier alpha value is -0.570. The molecular weight excluding hydrogens is 188 g/mol. The summed E-state index contributed by atoms with van der Waals surface area (Å²) in [5.74, 6) is 0.197. The molecule has 0 saturated carbocycles. The van der Waals surface area contributed by atoms with E-state index in [0.717, 1.165) is 19.5 Å². The number of rotatable bonds is 2. The van der Waals surface area contributed by atoms with Gasteiger partial charge in [-0.2, -0.15) is 0 Å². The molecule has 1 amide bonds. The summed E-state index contributed by atoms with van der Waals surface area (Å²) in [6.07, 6.45) is 1.08. The van der Waals surface area contributed by atoms with Gasteiger partial charge >= 0.3 is 0 Å². The predicted octanol–water partition coefficient (Wildman–Crippen LogP) is 1.63. The Bertz CT molecular complexity index is 232. The molecule has 1 N–H and O–H groups in total. The Morgan fingerprint density at radius 1 is 1.47 bits per heavy atom. The topological polar surface area (TPSA) is 32.3 Å². The van der Waals surface area contributed by atoms with Crippen LogP contribution in [0.3, 0.4) is 0 Å². The first-order valence-electron chi connectivity index (χ1n) is 5.82. The van der Waals surface area contributed by atoms with Gasteiger partial charge in [-0.25, -0.2) is 0 Å². The zero-order valence-corrected chi connectivity index (χ0v) is 10.6. The average Bonchev–Trinajstić information content (AvgIpc) is 2.50. The maximum absolute atomic E-state index is 11.2. The third kappa shape index (κ3) is 3.49. The molecule has 1 aliphatic rings. The maximum Gasteiger partial charge on any atom is 0.219 e. The Morgan fingerprint density at radius 3 is 2.47 bits per heavy atom. The van der Waals surface area contributed by atoms with E-state index >= 15 is 0 Å². The number of nitrogens with zero attached hydrogens (tertiary/aromatic N) is 1. The van der Waals surface area contributed by atoms with Gasteiger partial charge in [-0.15, -0.1) is 0 Å². The largest absolute Gasteiger partial charge is 0.341 e. The first-order valence-corrected chi connectivity index (χ1v) is 5.82. The van der Waals surface area contributed by atoms with Gasteiger partial charge in [-0.3, -0.25) is 4.79 Å². The zero-order chi connectivity index (χ0) is 11.6. The van der Waals surface area contributed by atoms with Gasteiger partial charge < -0.3 is 10.2 Å². The van der Waals surface area contributed by atoms with Crippen LogP contribution in [-0.2, 0) is 4.79 Å². The van der Waals surface area contributed by atoms with E-state index < -0.39 is 0 Å². The second-order valence-corrected chi connectivity index (χ2v) is 5.71. The van der Waals surface area contributed by atoms with Gasteiger partial charge in [0, 0.05) is 32.1 Å². The summed E-state index contributed by atoms with van der Waals surface area (Å²) in [7, 11) is 0. The molecule has 0 aromatic heterocycles. The van der Waals surface area contributed by atoms with Crippen molar-refractivity contribution in [2.75, 3.05) is 13.1 Å². The molecule has 0 aromatic rings. The van der Waals surface area contributed by atoms with Crippen molar-refractivity contribution in [3.8, 4) is 0 Å². The molecule has 2 atom stereocenters. The Labute approximate surface area is 93.2 Å². The van der Waals surface area contributed by atoms with E-state index in [1.807, 2.05) is 4.90 Å². The number of amides is 1. The van der Waals surface area contributed by atoms with Gasteiger partial charge in [0.15, 0.2) is 0 Å². The lowest BCUT2D eigenvalue weighted by Crippen LogP contribution is -2.45. The Morgan fingerprint density at radius 2 is 2.07 bits per heavy atom. The van der Waals surface area contributed by atoms with Crippen LogP contribution in [0, 0.1) is 5.41 Å². The van der Waals surface area contributed by atoms with Crippen molar-refractivity contribution in [1.82, 2.24) is 10.2 Å². The number of carbonyl (C=O) groups excluding carboxylic acids is 1. The summed E-state index contributed by atoms with van der Waals surface area (Å²) < 4.78 is 0. The van der Waals surface area contributed by atoms with Crippen LogP contribution in [0.25, 0.3) is 0 Å². The zero-order valence-electron chi connectivity index (χ0n) is 10.6. The van der Waals surface area contributed by atoms with Crippen molar-refractivity contribution in [3.63, 3.8) is 0 Å². The van der Waals surface area contributed by atoms with Crippen LogP contribution in [-0.4, -0.2) is 36.0 Å². The SMILES string of the molecule is CC(=O)N1CCC(NC(C)C(C)(C)C)C1. The van der Waals surface area contributed by atoms with E-state index in [0.29, 0.717) is 12.1 Å². The summed E-state index contributed by atoms with van der Waals surface area (Å²) in [6.45, 7) is 12.4. The van der Waals surface area contributed by atoms with E-state index in [9.17, 15) is 4.79 Å². The predicted molar refractivity (Wildman–Crippen MR) is 62.7 cm³/mol. The smallest absolute Gasteiger partial charge is 0.219 e. The van der Waals surface area contributed by atoms with Gasteiger partial charge in [-0.1, -0.05) is 20.8 Å². The van der Waals surface area contributed by atoms with E-state index in [-0.39, 0.29) is 11.3 Å². The molecule has 3 heteroatoms. The van der Waals surface area contributed by atoms with E-state index in [2.05, 4.69) is 33.0 Å². The Kier molecular flexibility index (Phi) is 3.77. The molecule has 2 unspecified atom stereocenters. The van der Waals surface area contributed by atoms with Gasteiger partial charge in [0.2, 0.25) is 5.91 Å². The normalized spacial score (nSPS) is 24.3. The molecule has 3 nitrogen and oxygen atoms in total. The second kappa shape index (κ2) is 4.52. The van der Waals surface area contributed by atoms with Crippen LogP contribution < -0.4 is 5.32 Å². The van der Waals surface area contributed by atoms with Crippen LogP contribution in [0.2, 0.25) is 0 Å². The van der Waals surface area contributed by atoms with Gasteiger partial charge in [0.1, 0.15) is 0 Å². The van der Waals surface area contributed by atoms with Crippen molar-refractivity contribution >= 4 is 5.91 Å². The van der Waals surface area contributed by atoms with Gasteiger partial charge in [0.25, 0.3) is 0 Å². The van der Waals surface area contributed by atoms with Crippen molar-refractivity contribution in [2.24, 2.45) is 5.41 Å².